The van der Waals surface area contributed by atoms with Gasteiger partial charge >= 0.3 is 5.97 Å². The summed E-state index contributed by atoms with van der Waals surface area (Å²) in [6, 6.07) is 3.26. The van der Waals surface area contributed by atoms with Crippen molar-refractivity contribution < 1.29 is 19.4 Å². The zero-order chi connectivity index (χ0) is 13.4. The van der Waals surface area contributed by atoms with Gasteiger partial charge in [0.15, 0.2) is 0 Å². The summed E-state index contributed by atoms with van der Waals surface area (Å²) in [7, 11) is 0. The molecule has 2 aliphatic rings. The normalized spacial score (nSPS) is 23.4. The first kappa shape index (κ1) is 12.6. The van der Waals surface area contributed by atoms with E-state index in [0.717, 1.165) is 24.2 Å². The number of carbonyl (C=O) groups excluding carboxylic acids is 1. The fourth-order valence-corrected chi connectivity index (χ4v) is 3.26. The van der Waals surface area contributed by atoms with Crippen LogP contribution in [0.3, 0.4) is 0 Å². The zero-order valence-corrected chi connectivity index (χ0v) is 11.2. The van der Waals surface area contributed by atoms with E-state index in [9.17, 15) is 9.59 Å². The first-order valence-electron chi connectivity index (χ1n) is 6.38. The summed E-state index contributed by atoms with van der Waals surface area (Å²) in [6.07, 6.45) is 2.31. The van der Waals surface area contributed by atoms with E-state index in [4.69, 9.17) is 9.84 Å². The summed E-state index contributed by atoms with van der Waals surface area (Å²) in [5.41, 5.74) is 0. The second kappa shape index (κ2) is 4.94. The van der Waals surface area contributed by atoms with Crippen LogP contribution in [-0.4, -0.2) is 47.7 Å². The van der Waals surface area contributed by atoms with Crippen LogP contribution >= 0.6 is 11.3 Å². The van der Waals surface area contributed by atoms with Gasteiger partial charge in [0.25, 0.3) is 5.91 Å². The van der Waals surface area contributed by atoms with E-state index in [2.05, 4.69) is 0 Å². The molecule has 1 aliphatic heterocycles. The van der Waals surface area contributed by atoms with Crippen molar-refractivity contribution in [3.63, 3.8) is 0 Å². The van der Waals surface area contributed by atoms with Crippen LogP contribution in [0.15, 0.2) is 12.1 Å². The Balaban J connectivity index is 1.78. The average molecular weight is 281 g/mol. The van der Waals surface area contributed by atoms with Crippen molar-refractivity contribution in [2.45, 2.75) is 18.9 Å². The van der Waals surface area contributed by atoms with Crippen molar-refractivity contribution in [1.82, 2.24) is 4.90 Å². The Morgan fingerprint density at radius 3 is 2.68 bits per heavy atom. The van der Waals surface area contributed by atoms with E-state index in [1.165, 1.54) is 6.07 Å². The molecule has 1 aromatic heterocycles. The highest BCUT2D eigenvalue weighted by Crippen LogP contribution is 2.37. The van der Waals surface area contributed by atoms with Crippen molar-refractivity contribution in [3.05, 3.63) is 21.9 Å². The number of amides is 1. The molecule has 5 nitrogen and oxygen atoms in total. The lowest BCUT2D eigenvalue weighted by Crippen LogP contribution is -2.49. The summed E-state index contributed by atoms with van der Waals surface area (Å²) >= 11 is 1.05. The zero-order valence-electron chi connectivity index (χ0n) is 10.4. The highest BCUT2D eigenvalue weighted by Gasteiger charge is 2.39. The molecule has 6 heteroatoms. The SMILES string of the molecule is O=C(O)c1ccc(C(=O)N2CCOC[C@@H]2C2CC2)s1. The Bertz CT molecular complexity index is 508. The average Bonchev–Trinajstić information content (AvgIpc) is 3.14. The lowest BCUT2D eigenvalue weighted by Gasteiger charge is -2.35. The third-order valence-corrected chi connectivity index (χ3v) is 4.68. The number of nitrogens with zero attached hydrogens (tertiary/aromatic N) is 1. The molecule has 0 aromatic carbocycles. The molecule has 0 unspecified atom stereocenters. The second-order valence-corrected chi connectivity index (χ2v) is 6.03. The largest absolute Gasteiger partial charge is 0.477 e. The first-order valence-corrected chi connectivity index (χ1v) is 7.20. The number of thiophene rings is 1. The van der Waals surface area contributed by atoms with Crippen LogP contribution in [0.1, 0.15) is 32.2 Å². The van der Waals surface area contributed by atoms with Gasteiger partial charge < -0.3 is 14.7 Å². The monoisotopic (exact) mass is 281 g/mol. The minimum atomic E-state index is -0.982. The van der Waals surface area contributed by atoms with Gasteiger partial charge in [0.05, 0.1) is 24.1 Å². The fourth-order valence-electron chi connectivity index (χ4n) is 2.46. The molecule has 2 fully saturated rings. The van der Waals surface area contributed by atoms with Crippen molar-refractivity contribution in [3.8, 4) is 0 Å². The molecule has 102 valence electrons. The van der Waals surface area contributed by atoms with Gasteiger partial charge in [-0.15, -0.1) is 11.3 Å². The lowest BCUT2D eigenvalue weighted by atomic mass is 10.1. The minimum absolute atomic E-state index is 0.0577. The van der Waals surface area contributed by atoms with Gasteiger partial charge in [0.2, 0.25) is 0 Å². The maximum Gasteiger partial charge on any atom is 0.345 e. The molecular formula is C13H15NO4S. The molecule has 1 atom stereocenters. The standard InChI is InChI=1S/C13H15NO4S/c15-12(10-3-4-11(19-10)13(16)17)14-5-6-18-7-9(14)8-1-2-8/h3-4,8-9H,1-2,5-7H2,(H,16,17)/t9-/m1/s1. The minimum Gasteiger partial charge on any atom is -0.477 e. The fraction of sp³-hybridized carbons (Fsp3) is 0.538. The summed E-state index contributed by atoms with van der Waals surface area (Å²) < 4.78 is 5.46. The Hall–Kier alpha value is -1.40. The molecule has 1 N–H and O–H groups in total. The van der Waals surface area contributed by atoms with Crippen LogP contribution < -0.4 is 0 Å². The number of morpholine rings is 1. The van der Waals surface area contributed by atoms with Gasteiger partial charge in [-0.1, -0.05) is 0 Å². The van der Waals surface area contributed by atoms with Gasteiger partial charge in [-0.25, -0.2) is 4.79 Å². The molecule has 19 heavy (non-hydrogen) atoms. The molecule has 1 saturated heterocycles. The third-order valence-electron chi connectivity index (χ3n) is 3.62. The van der Waals surface area contributed by atoms with E-state index in [-0.39, 0.29) is 16.8 Å². The smallest absolute Gasteiger partial charge is 0.345 e. The van der Waals surface area contributed by atoms with Gasteiger partial charge in [-0.05, 0) is 30.9 Å². The first-order chi connectivity index (χ1) is 9.16. The summed E-state index contributed by atoms with van der Waals surface area (Å²) in [6.45, 7) is 1.76. The number of carboxylic acids is 1. The van der Waals surface area contributed by atoms with Crippen molar-refractivity contribution in [1.29, 1.82) is 0 Å². The molecule has 1 saturated carbocycles. The molecule has 3 rings (SSSR count). The number of ether oxygens (including phenoxy) is 1. The van der Waals surface area contributed by atoms with Crippen LogP contribution in [0.5, 0.6) is 0 Å². The van der Waals surface area contributed by atoms with Gasteiger partial charge in [0.1, 0.15) is 4.88 Å². The Morgan fingerprint density at radius 1 is 1.32 bits per heavy atom. The van der Waals surface area contributed by atoms with E-state index < -0.39 is 5.97 Å². The van der Waals surface area contributed by atoms with Crippen LogP contribution in [0.25, 0.3) is 0 Å². The van der Waals surface area contributed by atoms with Gasteiger partial charge in [0, 0.05) is 6.54 Å². The lowest BCUT2D eigenvalue weighted by molar-refractivity contribution is -0.00809. The van der Waals surface area contributed by atoms with Crippen LogP contribution in [0.2, 0.25) is 0 Å². The summed E-state index contributed by atoms with van der Waals surface area (Å²) in [5, 5.41) is 8.91. The van der Waals surface area contributed by atoms with E-state index in [1.54, 1.807) is 6.07 Å². The number of hydrogen-bond acceptors (Lipinski definition) is 4. The summed E-state index contributed by atoms with van der Waals surface area (Å²) in [4.78, 5) is 25.9. The number of hydrogen-bond donors (Lipinski definition) is 1. The van der Waals surface area contributed by atoms with Crippen LogP contribution in [-0.2, 0) is 4.74 Å². The number of carboxylic acid groups (broad SMARTS) is 1. The molecule has 0 bridgehead atoms. The molecule has 1 aliphatic carbocycles. The van der Waals surface area contributed by atoms with Crippen molar-refractivity contribution >= 4 is 23.2 Å². The maximum atomic E-state index is 12.5. The highest BCUT2D eigenvalue weighted by atomic mass is 32.1. The topological polar surface area (TPSA) is 66.8 Å². The quantitative estimate of drug-likeness (QED) is 0.915. The third kappa shape index (κ3) is 2.50. The second-order valence-electron chi connectivity index (χ2n) is 4.95. The van der Waals surface area contributed by atoms with Crippen molar-refractivity contribution in [2.24, 2.45) is 5.92 Å². The highest BCUT2D eigenvalue weighted by molar-refractivity contribution is 7.15. The molecule has 2 heterocycles. The van der Waals surface area contributed by atoms with Crippen molar-refractivity contribution in [2.75, 3.05) is 19.8 Å². The van der Waals surface area contributed by atoms with Gasteiger partial charge in [-0.3, -0.25) is 4.79 Å². The van der Waals surface area contributed by atoms with E-state index >= 15 is 0 Å². The molecule has 0 spiro atoms. The molecule has 0 radical (unpaired) electrons. The molecular weight excluding hydrogens is 266 g/mol. The molecule has 1 amide bonds. The van der Waals surface area contributed by atoms with E-state index in [0.29, 0.717) is 30.6 Å². The number of aromatic carboxylic acids is 1. The Labute approximate surface area is 114 Å². The van der Waals surface area contributed by atoms with Gasteiger partial charge in [-0.2, -0.15) is 0 Å². The Kier molecular flexibility index (Phi) is 3.28. The van der Waals surface area contributed by atoms with E-state index in [1.807, 2.05) is 4.90 Å². The molecule has 1 aromatic rings. The maximum absolute atomic E-state index is 12.5. The van der Waals surface area contributed by atoms with Crippen LogP contribution in [0, 0.1) is 5.92 Å². The summed E-state index contributed by atoms with van der Waals surface area (Å²) in [5.74, 6) is -0.481. The Morgan fingerprint density at radius 2 is 2.05 bits per heavy atom. The number of rotatable bonds is 3. The number of carbonyl (C=O) groups is 2. The predicted molar refractivity (Wildman–Crippen MR) is 69.6 cm³/mol. The van der Waals surface area contributed by atoms with Crippen LogP contribution in [0.4, 0.5) is 0 Å². The predicted octanol–water partition coefficient (Wildman–Crippen LogP) is 1.70.